The van der Waals surface area contributed by atoms with Crippen LogP contribution in [0, 0.1) is 0 Å². The summed E-state index contributed by atoms with van der Waals surface area (Å²) in [5.74, 6) is -0.184. The Morgan fingerprint density at radius 2 is 1.74 bits per heavy atom. The van der Waals surface area contributed by atoms with Gasteiger partial charge in [0.15, 0.2) is 0 Å². The van der Waals surface area contributed by atoms with Gasteiger partial charge in [0.2, 0.25) is 10.0 Å². The van der Waals surface area contributed by atoms with E-state index in [0.717, 1.165) is 16.3 Å². The molecule has 0 saturated carbocycles. The zero-order valence-corrected chi connectivity index (χ0v) is 18.4. The molecule has 2 rings (SSSR count). The Bertz CT molecular complexity index is 899. The van der Waals surface area contributed by atoms with E-state index in [2.05, 4.69) is 15.9 Å². The highest BCUT2D eigenvalue weighted by atomic mass is 79.9. The van der Waals surface area contributed by atoms with E-state index in [0.29, 0.717) is 16.6 Å². The van der Waals surface area contributed by atoms with Crippen molar-refractivity contribution in [3.63, 3.8) is 0 Å². The summed E-state index contributed by atoms with van der Waals surface area (Å²) in [5.41, 5.74) is 1.39. The Morgan fingerprint density at radius 3 is 2.30 bits per heavy atom. The van der Waals surface area contributed by atoms with Gasteiger partial charge in [0.25, 0.3) is 5.91 Å². The fourth-order valence-electron chi connectivity index (χ4n) is 2.62. The average molecular weight is 453 g/mol. The molecule has 0 radical (unpaired) electrons. The molecule has 27 heavy (non-hydrogen) atoms. The van der Waals surface area contributed by atoms with Gasteiger partial charge in [-0.25, -0.2) is 12.7 Å². The molecular weight excluding hydrogens is 428 g/mol. The van der Waals surface area contributed by atoms with Crippen LogP contribution in [-0.2, 0) is 16.6 Å². The largest absolute Gasteiger partial charge is 0.332 e. The molecule has 0 aromatic heterocycles. The first-order chi connectivity index (χ1) is 12.7. The number of benzene rings is 2. The summed E-state index contributed by atoms with van der Waals surface area (Å²) in [6.45, 7) is 4.50. The molecule has 0 fully saturated rings. The van der Waals surface area contributed by atoms with Gasteiger partial charge in [-0.15, -0.1) is 0 Å². The third-order valence-electron chi connectivity index (χ3n) is 4.52. The van der Waals surface area contributed by atoms with E-state index in [9.17, 15) is 13.2 Å². The molecule has 5 nitrogen and oxygen atoms in total. The molecule has 0 heterocycles. The van der Waals surface area contributed by atoms with Crippen molar-refractivity contribution >= 4 is 31.9 Å². The number of hydrogen-bond acceptors (Lipinski definition) is 3. The van der Waals surface area contributed by atoms with Crippen LogP contribution >= 0.6 is 15.9 Å². The minimum atomic E-state index is -3.66. The summed E-state index contributed by atoms with van der Waals surface area (Å²) in [7, 11) is -0.720. The molecule has 1 atom stereocenters. The summed E-state index contributed by atoms with van der Waals surface area (Å²) >= 11 is 3.29. The summed E-state index contributed by atoms with van der Waals surface area (Å²) < 4.78 is 26.7. The van der Waals surface area contributed by atoms with Gasteiger partial charge in [0, 0.05) is 36.7 Å². The van der Waals surface area contributed by atoms with Crippen molar-refractivity contribution in [1.29, 1.82) is 0 Å². The highest BCUT2D eigenvalue weighted by Crippen LogP contribution is 2.26. The molecular formula is C20H25BrN2O3S. The second-order valence-corrected chi connectivity index (χ2v) is 9.58. The average Bonchev–Trinajstić information content (AvgIpc) is 2.65. The monoisotopic (exact) mass is 452 g/mol. The third-order valence-corrected chi connectivity index (χ3v) is 7.33. The lowest BCUT2D eigenvalue weighted by Gasteiger charge is -2.29. The van der Waals surface area contributed by atoms with E-state index in [4.69, 9.17) is 0 Å². The molecule has 0 bridgehead atoms. The zero-order valence-electron chi connectivity index (χ0n) is 16.0. The van der Waals surface area contributed by atoms with Crippen molar-refractivity contribution in [2.24, 2.45) is 0 Å². The molecule has 1 amide bonds. The molecule has 1 unspecified atom stereocenters. The predicted octanol–water partition coefficient (Wildman–Crippen LogP) is 4.14. The molecule has 0 N–H and O–H groups in total. The molecule has 7 heteroatoms. The molecule has 0 aliphatic heterocycles. The van der Waals surface area contributed by atoms with Crippen molar-refractivity contribution in [2.45, 2.75) is 37.8 Å². The number of rotatable bonds is 7. The van der Waals surface area contributed by atoms with Crippen LogP contribution in [0.15, 0.2) is 57.9 Å². The first-order valence-corrected chi connectivity index (χ1v) is 11.0. The highest BCUT2D eigenvalue weighted by Gasteiger charge is 2.25. The Labute approximate surface area is 170 Å². The predicted molar refractivity (Wildman–Crippen MR) is 111 cm³/mol. The maximum absolute atomic E-state index is 13.2. The van der Waals surface area contributed by atoms with E-state index in [1.807, 2.05) is 44.2 Å². The molecule has 2 aromatic rings. The SMILES string of the molecule is CCC(C)N(Cc1ccccc1)C(=O)c1ccc(Br)c(S(=O)(=O)N(C)C)c1. The lowest BCUT2D eigenvalue weighted by Crippen LogP contribution is -2.38. The van der Waals surface area contributed by atoms with Crippen molar-refractivity contribution in [3.05, 3.63) is 64.1 Å². The number of sulfonamides is 1. The van der Waals surface area contributed by atoms with Crippen molar-refractivity contribution in [2.75, 3.05) is 14.1 Å². The standard InChI is InChI=1S/C20H25BrN2O3S/c1-5-15(2)23(14-16-9-7-6-8-10-16)20(24)17-11-12-18(21)19(13-17)27(25,26)22(3)4/h6-13,15H,5,14H2,1-4H3. The van der Waals surface area contributed by atoms with Gasteiger partial charge in [-0.2, -0.15) is 0 Å². The highest BCUT2D eigenvalue weighted by molar-refractivity contribution is 9.10. The van der Waals surface area contributed by atoms with Crippen molar-refractivity contribution in [1.82, 2.24) is 9.21 Å². The smallest absolute Gasteiger partial charge is 0.254 e. The number of amides is 1. The normalized spacial score (nSPS) is 12.8. The second-order valence-electron chi connectivity index (χ2n) is 6.61. The summed E-state index contributed by atoms with van der Waals surface area (Å²) in [6, 6.07) is 14.5. The Kier molecular flexibility index (Phi) is 7.19. The summed E-state index contributed by atoms with van der Waals surface area (Å²) in [6.07, 6.45) is 0.804. The lowest BCUT2D eigenvalue weighted by molar-refractivity contribution is 0.0671. The molecule has 0 aliphatic carbocycles. The fourth-order valence-corrected chi connectivity index (χ4v) is 4.47. The van der Waals surface area contributed by atoms with Gasteiger partial charge in [0.05, 0.1) is 4.90 Å². The number of nitrogens with zero attached hydrogens (tertiary/aromatic N) is 2. The number of carbonyl (C=O) groups excluding carboxylic acids is 1. The first kappa shape index (κ1) is 21.6. The van der Waals surface area contributed by atoms with Crippen LogP contribution in [0.3, 0.4) is 0 Å². The Hall–Kier alpha value is -1.70. The van der Waals surface area contributed by atoms with Crippen LogP contribution in [0.1, 0.15) is 36.2 Å². The van der Waals surface area contributed by atoms with Crippen molar-refractivity contribution < 1.29 is 13.2 Å². The van der Waals surface area contributed by atoms with Crippen LogP contribution in [0.25, 0.3) is 0 Å². The van der Waals surface area contributed by atoms with Crippen LogP contribution < -0.4 is 0 Å². The third kappa shape index (κ3) is 4.97. The maximum Gasteiger partial charge on any atom is 0.254 e. The lowest BCUT2D eigenvalue weighted by atomic mass is 10.1. The topological polar surface area (TPSA) is 57.7 Å². The molecule has 2 aromatic carbocycles. The number of hydrogen-bond donors (Lipinski definition) is 0. The minimum Gasteiger partial charge on any atom is -0.332 e. The first-order valence-electron chi connectivity index (χ1n) is 8.75. The quantitative estimate of drug-likeness (QED) is 0.633. The van der Waals surface area contributed by atoms with Crippen LogP contribution in [0.5, 0.6) is 0 Å². The van der Waals surface area contributed by atoms with E-state index < -0.39 is 10.0 Å². The zero-order chi connectivity index (χ0) is 20.2. The fraction of sp³-hybridized carbons (Fsp3) is 0.350. The Balaban J connectivity index is 2.43. The molecule has 0 spiro atoms. The van der Waals surface area contributed by atoms with E-state index in [1.165, 1.54) is 20.2 Å². The minimum absolute atomic E-state index is 0.0234. The van der Waals surface area contributed by atoms with Gasteiger partial charge in [-0.05, 0) is 53.0 Å². The van der Waals surface area contributed by atoms with Crippen LogP contribution in [0.2, 0.25) is 0 Å². The van der Waals surface area contributed by atoms with Gasteiger partial charge < -0.3 is 4.90 Å². The van der Waals surface area contributed by atoms with Gasteiger partial charge in [0.1, 0.15) is 0 Å². The second kappa shape index (κ2) is 8.99. The number of carbonyl (C=O) groups is 1. The van der Waals surface area contributed by atoms with E-state index >= 15 is 0 Å². The molecule has 146 valence electrons. The van der Waals surface area contributed by atoms with E-state index in [-0.39, 0.29) is 16.8 Å². The summed E-state index contributed by atoms with van der Waals surface area (Å²) in [4.78, 5) is 15.1. The van der Waals surface area contributed by atoms with E-state index in [1.54, 1.807) is 17.0 Å². The maximum atomic E-state index is 13.2. The van der Waals surface area contributed by atoms with Crippen molar-refractivity contribution in [3.8, 4) is 0 Å². The Morgan fingerprint density at radius 1 is 1.11 bits per heavy atom. The van der Waals surface area contributed by atoms with Gasteiger partial charge >= 0.3 is 0 Å². The van der Waals surface area contributed by atoms with Crippen LogP contribution in [0.4, 0.5) is 0 Å². The molecule has 0 saturated heterocycles. The van der Waals surface area contributed by atoms with Gasteiger partial charge in [-0.1, -0.05) is 37.3 Å². The van der Waals surface area contributed by atoms with Gasteiger partial charge in [-0.3, -0.25) is 4.79 Å². The van der Waals surface area contributed by atoms with Crippen LogP contribution in [-0.4, -0.2) is 43.7 Å². The summed E-state index contributed by atoms with van der Waals surface area (Å²) in [5, 5.41) is 0. The molecule has 0 aliphatic rings. The number of halogens is 1.